The van der Waals surface area contributed by atoms with Crippen molar-refractivity contribution in [3.05, 3.63) is 72.3 Å². The zero-order valence-corrected chi connectivity index (χ0v) is 13.2. The Labute approximate surface area is 133 Å². The van der Waals surface area contributed by atoms with Crippen LogP contribution in [0.15, 0.2) is 66.7 Å². The van der Waals surface area contributed by atoms with Gasteiger partial charge in [-0.3, -0.25) is 0 Å². The summed E-state index contributed by atoms with van der Waals surface area (Å²) >= 11 is 0. The van der Waals surface area contributed by atoms with E-state index in [4.69, 9.17) is 0 Å². The molecular formula is C21H23N. The normalized spacial score (nSPS) is 10.8. The molecule has 0 radical (unpaired) electrons. The van der Waals surface area contributed by atoms with Crippen molar-refractivity contribution in [3.63, 3.8) is 0 Å². The molecule has 3 rings (SSSR count). The maximum Gasteiger partial charge on any atom is 0.0416 e. The van der Waals surface area contributed by atoms with E-state index in [2.05, 4.69) is 79.0 Å². The number of rotatable bonds is 6. The van der Waals surface area contributed by atoms with Gasteiger partial charge in [0.25, 0.3) is 0 Å². The predicted octanol–water partition coefficient (Wildman–Crippen LogP) is 6.32. The first-order chi connectivity index (χ1) is 10.9. The van der Waals surface area contributed by atoms with Gasteiger partial charge in [-0.15, -0.1) is 0 Å². The molecule has 1 nitrogen and oxygen atoms in total. The number of fused-ring (bicyclic) bond motifs is 1. The lowest BCUT2D eigenvalue weighted by atomic mass is 10.0. The highest BCUT2D eigenvalue weighted by molar-refractivity contribution is 5.86. The molecule has 0 heterocycles. The lowest BCUT2D eigenvalue weighted by molar-refractivity contribution is 0.718. The van der Waals surface area contributed by atoms with Gasteiger partial charge in [-0.1, -0.05) is 68.3 Å². The summed E-state index contributed by atoms with van der Waals surface area (Å²) < 4.78 is 0. The van der Waals surface area contributed by atoms with Crippen LogP contribution in [-0.4, -0.2) is 0 Å². The van der Waals surface area contributed by atoms with Crippen LogP contribution in [-0.2, 0) is 6.42 Å². The molecule has 0 bridgehead atoms. The van der Waals surface area contributed by atoms with E-state index in [0.717, 1.165) is 12.1 Å². The molecule has 0 atom stereocenters. The molecule has 0 unspecified atom stereocenters. The molecule has 0 spiro atoms. The quantitative estimate of drug-likeness (QED) is 0.524. The Balaban J connectivity index is 1.82. The summed E-state index contributed by atoms with van der Waals surface area (Å²) in [4.78, 5) is 0. The number of nitrogens with one attached hydrogen (secondary N) is 1. The van der Waals surface area contributed by atoms with Crippen molar-refractivity contribution in [2.75, 3.05) is 5.32 Å². The minimum Gasteiger partial charge on any atom is -0.355 e. The average molecular weight is 289 g/mol. The van der Waals surface area contributed by atoms with Crippen molar-refractivity contribution in [2.24, 2.45) is 0 Å². The first-order valence-electron chi connectivity index (χ1n) is 8.20. The second-order valence-electron chi connectivity index (χ2n) is 5.80. The zero-order chi connectivity index (χ0) is 15.2. The van der Waals surface area contributed by atoms with Gasteiger partial charge >= 0.3 is 0 Å². The molecular weight excluding hydrogens is 266 g/mol. The first-order valence-corrected chi connectivity index (χ1v) is 8.20. The number of unbranched alkanes of at least 4 members (excludes halogenated alkanes) is 2. The largest absolute Gasteiger partial charge is 0.355 e. The third kappa shape index (κ3) is 3.48. The highest BCUT2D eigenvalue weighted by Crippen LogP contribution is 2.25. The van der Waals surface area contributed by atoms with Gasteiger partial charge in [0, 0.05) is 11.4 Å². The monoisotopic (exact) mass is 289 g/mol. The summed E-state index contributed by atoms with van der Waals surface area (Å²) in [7, 11) is 0. The van der Waals surface area contributed by atoms with Crippen LogP contribution in [0.25, 0.3) is 10.8 Å². The second kappa shape index (κ2) is 7.13. The Morgan fingerprint density at radius 2 is 1.55 bits per heavy atom. The summed E-state index contributed by atoms with van der Waals surface area (Å²) in [5.74, 6) is 0. The molecule has 22 heavy (non-hydrogen) atoms. The van der Waals surface area contributed by atoms with Crippen LogP contribution in [0.3, 0.4) is 0 Å². The molecule has 0 aliphatic rings. The van der Waals surface area contributed by atoms with Gasteiger partial charge in [0.05, 0.1) is 0 Å². The van der Waals surface area contributed by atoms with Gasteiger partial charge in [-0.05, 0) is 47.4 Å². The van der Waals surface area contributed by atoms with Gasteiger partial charge in [0.2, 0.25) is 0 Å². The Morgan fingerprint density at radius 3 is 2.41 bits per heavy atom. The number of anilines is 2. The molecule has 1 heteroatoms. The Bertz CT molecular complexity index is 745. The van der Waals surface area contributed by atoms with Crippen molar-refractivity contribution in [1.82, 2.24) is 0 Å². The van der Waals surface area contributed by atoms with Crippen molar-refractivity contribution in [1.29, 1.82) is 0 Å². The molecule has 1 N–H and O–H groups in total. The van der Waals surface area contributed by atoms with Crippen LogP contribution in [0.1, 0.15) is 31.7 Å². The van der Waals surface area contributed by atoms with E-state index < -0.39 is 0 Å². The van der Waals surface area contributed by atoms with Gasteiger partial charge in [-0.25, -0.2) is 0 Å². The molecule has 0 saturated carbocycles. The maximum atomic E-state index is 3.59. The molecule has 0 aliphatic heterocycles. The minimum atomic E-state index is 1.14. The number of para-hydroxylation sites is 1. The molecule has 0 aromatic heterocycles. The summed E-state index contributed by atoms with van der Waals surface area (Å²) in [6.07, 6.45) is 4.96. The fourth-order valence-electron chi connectivity index (χ4n) is 2.85. The lowest BCUT2D eigenvalue weighted by Crippen LogP contribution is -1.96. The van der Waals surface area contributed by atoms with E-state index in [-0.39, 0.29) is 0 Å². The third-order valence-electron chi connectivity index (χ3n) is 4.10. The van der Waals surface area contributed by atoms with Crippen LogP contribution < -0.4 is 5.32 Å². The van der Waals surface area contributed by atoms with Crippen molar-refractivity contribution < 1.29 is 0 Å². The highest BCUT2D eigenvalue weighted by atomic mass is 14.9. The summed E-state index contributed by atoms with van der Waals surface area (Å²) in [6, 6.07) is 23.7. The minimum absolute atomic E-state index is 1.14. The van der Waals surface area contributed by atoms with Gasteiger partial charge < -0.3 is 5.32 Å². The molecule has 3 aromatic carbocycles. The fraction of sp³-hybridized carbons (Fsp3) is 0.238. The summed E-state index contributed by atoms with van der Waals surface area (Å²) in [6.45, 7) is 2.25. The summed E-state index contributed by atoms with van der Waals surface area (Å²) in [5.41, 5.74) is 3.79. The molecule has 0 fully saturated rings. The second-order valence-corrected chi connectivity index (χ2v) is 5.80. The molecule has 3 aromatic rings. The van der Waals surface area contributed by atoms with E-state index in [9.17, 15) is 0 Å². The number of benzene rings is 3. The lowest BCUT2D eigenvalue weighted by Gasteiger charge is -2.12. The molecule has 0 amide bonds. The maximum absolute atomic E-state index is 3.59. The van der Waals surface area contributed by atoms with Crippen LogP contribution >= 0.6 is 0 Å². The number of hydrogen-bond acceptors (Lipinski definition) is 1. The van der Waals surface area contributed by atoms with Crippen molar-refractivity contribution in [3.8, 4) is 0 Å². The Hall–Kier alpha value is -2.28. The number of hydrogen-bond donors (Lipinski definition) is 1. The topological polar surface area (TPSA) is 12.0 Å². The highest BCUT2D eigenvalue weighted by Gasteiger charge is 2.03. The molecule has 0 saturated heterocycles. The van der Waals surface area contributed by atoms with Crippen LogP contribution in [0, 0.1) is 0 Å². The average Bonchev–Trinajstić information content (AvgIpc) is 2.56. The third-order valence-corrected chi connectivity index (χ3v) is 4.10. The fourth-order valence-corrected chi connectivity index (χ4v) is 2.85. The van der Waals surface area contributed by atoms with E-state index in [1.54, 1.807) is 0 Å². The smallest absolute Gasteiger partial charge is 0.0416 e. The SMILES string of the molecule is CCCCCc1ccccc1Nc1ccc2ccccc2c1. The van der Waals surface area contributed by atoms with Crippen molar-refractivity contribution in [2.45, 2.75) is 32.6 Å². The summed E-state index contributed by atoms with van der Waals surface area (Å²) in [5, 5.41) is 6.15. The van der Waals surface area contributed by atoms with E-state index in [1.165, 1.54) is 41.3 Å². The van der Waals surface area contributed by atoms with Crippen LogP contribution in [0.4, 0.5) is 11.4 Å². The van der Waals surface area contributed by atoms with Crippen LogP contribution in [0.2, 0.25) is 0 Å². The predicted molar refractivity (Wildman–Crippen MR) is 96.9 cm³/mol. The van der Waals surface area contributed by atoms with Gasteiger partial charge in [0.1, 0.15) is 0 Å². The van der Waals surface area contributed by atoms with Crippen LogP contribution in [0.5, 0.6) is 0 Å². The Morgan fingerprint density at radius 1 is 0.773 bits per heavy atom. The first kappa shape index (κ1) is 14.6. The van der Waals surface area contributed by atoms with E-state index in [0.29, 0.717) is 0 Å². The van der Waals surface area contributed by atoms with Gasteiger partial charge in [0.15, 0.2) is 0 Å². The molecule has 112 valence electrons. The number of aryl methyl sites for hydroxylation is 1. The van der Waals surface area contributed by atoms with E-state index in [1.807, 2.05) is 0 Å². The Kier molecular flexibility index (Phi) is 4.75. The standard InChI is InChI=1S/C21H23N/c1-2-3-4-10-18-11-7-8-13-21(18)22-20-15-14-17-9-5-6-12-19(17)16-20/h5-9,11-16,22H,2-4,10H2,1H3. The van der Waals surface area contributed by atoms with Gasteiger partial charge in [-0.2, -0.15) is 0 Å². The van der Waals surface area contributed by atoms with Crippen molar-refractivity contribution >= 4 is 22.1 Å². The molecule has 0 aliphatic carbocycles. The van der Waals surface area contributed by atoms with E-state index >= 15 is 0 Å². The zero-order valence-electron chi connectivity index (χ0n) is 13.2.